The van der Waals surface area contributed by atoms with Crippen molar-refractivity contribution < 1.29 is 57.4 Å². The van der Waals surface area contributed by atoms with Gasteiger partial charge in [0.2, 0.25) is 6.79 Å². The summed E-state index contributed by atoms with van der Waals surface area (Å²) in [6.07, 6.45) is 1.82. The Kier molecular flexibility index (Phi) is 11.0. The summed E-state index contributed by atoms with van der Waals surface area (Å²) < 4.78 is 47.8. The van der Waals surface area contributed by atoms with Gasteiger partial charge in [-0.15, -0.1) is 18.3 Å². The molecule has 0 aromatic heterocycles. The third kappa shape index (κ3) is 6.71. The lowest BCUT2D eigenvalue weighted by Crippen LogP contribution is -2.70. The first-order valence-electron chi connectivity index (χ1n) is 21.3. The Morgan fingerprint density at radius 3 is 2.50 bits per heavy atom. The molecule has 16 nitrogen and oxygen atoms in total. The zero-order chi connectivity index (χ0) is 45.6. The van der Waals surface area contributed by atoms with E-state index >= 15 is 4.79 Å². The van der Waals surface area contributed by atoms with Crippen LogP contribution in [0, 0.1) is 25.2 Å². The van der Waals surface area contributed by atoms with Gasteiger partial charge in [-0.05, 0) is 81.8 Å². The smallest absolute Gasteiger partial charge is 0.504 e. The van der Waals surface area contributed by atoms with Crippen molar-refractivity contribution in [2.45, 2.75) is 101 Å². The van der Waals surface area contributed by atoms with Crippen LogP contribution < -0.4 is 33.7 Å². The molecule has 64 heavy (non-hydrogen) atoms. The van der Waals surface area contributed by atoms with E-state index in [0.29, 0.717) is 76.7 Å². The lowest BCUT2D eigenvalue weighted by atomic mass is 9.71. The van der Waals surface area contributed by atoms with Gasteiger partial charge in [-0.3, -0.25) is 19.9 Å². The van der Waals surface area contributed by atoms with E-state index < -0.39 is 58.7 Å². The van der Waals surface area contributed by atoms with Gasteiger partial charge in [-0.2, -0.15) is 5.26 Å². The summed E-state index contributed by atoms with van der Waals surface area (Å²) in [6, 6.07) is 4.96. The number of rotatable bonds is 6. The van der Waals surface area contributed by atoms with Crippen LogP contribution in [0.1, 0.15) is 89.5 Å². The monoisotopic (exact) mass is 896 g/mol. The number of carbonyl (C=O) groups excluding carboxylic acids is 3. The Hall–Kier alpha value is -5.67. The molecular formula is C47H52N4O12S. The maximum absolute atomic E-state index is 15.1. The van der Waals surface area contributed by atoms with E-state index in [1.54, 1.807) is 39.0 Å². The lowest BCUT2D eigenvalue weighted by Gasteiger charge is -2.62. The van der Waals surface area contributed by atoms with Crippen molar-refractivity contribution in [1.29, 1.82) is 5.26 Å². The van der Waals surface area contributed by atoms with Crippen molar-refractivity contribution in [1.82, 2.24) is 15.1 Å². The number of methoxy groups -OCH3 is 2. The zero-order valence-electron chi connectivity index (χ0n) is 37.1. The number of phenolic OH excluding ortho intramolecular Hbond substituents is 1. The highest BCUT2D eigenvalue weighted by molar-refractivity contribution is 7.99. The van der Waals surface area contributed by atoms with Gasteiger partial charge < -0.3 is 43.0 Å². The summed E-state index contributed by atoms with van der Waals surface area (Å²) in [7, 11) is 2.98. The molecule has 17 heteroatoms. The SMILES string of the molecule is C=CCN1[C@@H]2c3c(cc(C)c(OC)c3O)C[C@H]1[C@H](C#N)N1C2[C@@H]2SC[C@]3(NCCc4cc(OC(=O)OC(C)(C)C)c(OC)cc43)C(=O)OC[C@H]1c1c3c(c(C)c(OC(C)=O)c12)OCO3. The number of aromatic hydroxyl groups is 1. The number of benzene rings is 3. The molecule has 0 amide bonds. The van der Waals surface area contributed by atoms with Crippen LogP contribution in [0.2, 0.25) is 0 Å². The van der Waals surface area contributed by atoms with Crippen LogP contribution >= 0.6 is 11.8 Å². The lowest BCUT2D eigenvalue weighted by molar-refractivity contribution is -0.157. The zero-order valence-corrected chi connectivity index (χ0v) is 37.9. The second-order valence-electron chi connectivity index (χ2n) is 18.0. The summed E-state index contributed by atoms with van der Waals surface area (Å²) in [6.45, 7) is 14.8. The Balaban J connectivity index is 1.28. The molecule has 2 fully saturated rings. The summed E-state index contributed by atoms with van der Waals surface area (Å²) >= 11 is 1.45. The largest absolute Gasteiger partial charge is 0.514 e. The van der Waals surface area contributed by atoms with Gasteiger partial charge in [0, 0.05) is 60.1 Å². The summed E-state index contributed by atoms with van der Waals surface area (Å²) in [4.78, 5) is 45.5. The first-order chi connectivity index (χ1) is 30.6. The minimum Gasteiger partial charge on any atom is -0.504 e. The van der Waals surface area contributed by atoms with Crippen molar-refractivity contribution in [2.75, 3.05) is 46.5 Å². The molecule has 7 atom stereocenters. The molecule has 1 spiro atoms. The molecule has 0 saturated carbocycles. The van der Waals surface area contributed by atoms with E-state index in [2.05, 4.69) is 27.8 Å². The second kappa shape index (κ2) is 16.1. The highest BCUT2D eigenvalue weighted by atomic mass is 32.2. The van der Waals surface area contributed by atoms with Crippen molar-refractivity contribution in [2.24, 2.45) is 0 Å². The van der Waals surface area contributed by atoms with Gasteiger partial charge in [0.1, 0.15) is 24.0 Å². The summed E-state index contributed by atoms with van der Waals surface area (Å²) in [5.74, 6) is 0.803. The Labute approximate surface area is 375 Å². The number of phenols is 1. The molecule has 1 unspecified atom stereocenters. The number of hydrogen-bond donors (Lipinski definition) is 2. The number of ether oxygens (including phenoxy) is 8. The number of thioether (sulfide) groups is 1. The first-order valence-corrected chi connectivity index (χ1v) is 22.4. The van der Waals surface area contributed by atoms with Gasteiger partial charge >= 0.3 is 18.1 Å². The van der Waals surface area contributed by atoms with Gasteiger partial charge in [0.05, 0.1) is 37.6 Å². The fourth-order valence-corrected chi connectivity index (χ4v) is 12.6. The number of nitrogens with zero attached hydrogens (tertiary/aromatic N) is 3. The van der Waals surface area contributed by atoms with Crippen LogP contribution in [0.3, 0.4) is 0 Å². The molecule has 2 saturated heterocycles. The Bertz CT molecular complexity index is 2530. The summed E-state index contributed by atoms with van der Waals surface area (Å²) in [5, 5.41) is 26.5. The molecule has 10 rings (SSSR count). The van der Waals surface area contributed by atoms with E-state index in [0.717, 1.165) is 16.7 Å². The van der Waals surface area contributed by atoms with Crippen LogP contribution in [0.5, 0.6) is 40.2 Å². The highest BCUT2D eigenvalue weighted by Crippen LogP contribution is 2.65. The molecule has 7 aliphatic heterocycles. The van der Waals surface area contributed by atoms with Crippen molar-refractivity contribution in [3.05, 3.63) is 75.4 Å². The molecule has 4 bridgehead atoms. The highest BCUT2D eigenvalue weighted by Gasteiger charge is 2.62. The first kappa shape index (κ1) is 43.6. The van der Waals surface area contributed by atoms with Crippen LogP contribution in [0.25, 0.3) is 0 Å². The number of hydrogen-bond acceptors (Lipinski definition) is 17. The van der Waals surface area contributed by atoms with Crippen molar-refractivity contribution in [3.63, 3.8) is 0 Å². The molecule has 2 N–H and O–H groups in total. The number of nitriles is 1. The van der Waals surface area contributed by atoms with Crippen LogP contribution in [0.4, 0.5) is 4.79 Å². The molecule has 7 heterocycles. The summed E-state index contributed by atoms with van der Waals surface area (Å²) in [5.41, 5.74) is 3.18. The second-order valence-corrected chi connectivity index (χ2v) is 19.1. The average Bonchev–Trinajstić information content (AvgIpc) is 3.73. The normalized spacial score (nSPS) is 26.6. The van der Waals surface area contributed by atoms with Crippen LogP contribution in [-0.4, -0.2) is 103 Å². The standard InChI is InChI=1S/C47H52N4O12S/c1-10-13-50-28-15-26-14-22(2)39(57-9)38(53)33(26)36(50)37-43-35-34(42-41(59-21-60-42)23(3)40(35)61-24(4)52)30(51(37)29(28)18-48)19-58-44(54)47(20-64-43)27-17-31(56-8)32(16-25(27)11-12-49-47)62-45(55)63-46(5,6)7/h10,14,16-17,28-30,36-37,43,49,53H,1,11-13,15,19-21H2,2-9H3/t28-,29-,30-,36+,37?,43+,47+/m0/s1. The molecular weight excluding hydrogens is 845 g/mol. The molecule has 0 aliphatic carbocycles. The van der Waals surface area contributed by atoms with E-state index in [1.807, 2.05) is 19.9 Å². The van der Waals surface area contributed by atoms with Gasteiger partial charge in [0.15, 0.2) is 40.0 Å². The predicted octanol–water partition coefficient (Wildman–Crippen LogP) is 6.15. The number of piperazine rings is 1. The van der Waals surface area contributed by atoms with Crippen LogP contribution in [-0.2, 0) is 37.4 Å². The Morgan fingerprint density at radius 2 is 1.81 bits per heavy atom. The average molecular weight is 897 g/mol. The third-order valence-electron chi connectivity index (χ3n) is 13.2. The topological polar surface area (TPSA) is 188 Å². The molecule has 338 valence electrons. The molecule has 3 aromatic rings. The van der Waals surface area contributed by atoms with E-state index in [1.165, 1.54) is 32.9 Å². The van der Waals surface area contributed by atoms with Crippen molar-refractivity contribution >= 4 is 29.9 Å². The van der Waals surface area contributed by atoms with Gasteiger partial charge in [0.25, 0.3) is 0 Å². The molecule has 3 aromatic carbocycles. The van der Waals surface area contributed by atoms with E-state index in [-0.39, 0.29) is 42.4 Å². The fraction of sp³-hybridized carbons (Fsp3) is 0.489. The Morgan fingerprint density at radius 1 is 1.05 bits per heavy atom. The maximum Gasteiger partial charge on any atom is 0.514 e. The third-order valence-corrected chi connectivity index (χ3v) is 14.6. The van der Waals surface area contributed by atoms with Gasteiger partial charge in [-0.25, -0.2) is 9.59 Å². The van der Waals surface area contributed by atoms with E-state index in [4.69, 9.17) is 37.9 Å². The van der Waals surface area contributed by atoms with E-state index in [9.17, 15) is 20.0 Å². The van der Waals surface area contributed by atoms with Crippen LogP contribution in [0.15, 0.2) is 30.9 Å². The van der Waals surface area contributed by atoms with Crippen molar-refractivity contribution in [3.8, 4) is 46.3 Å². The van der Waals surface area contributed by atoms with Gasteiger partial charge in [-0.1, -0.05) is 12.1 Å². The quantitative estimate of drug-likeness (QED) is 0.124. The minimum absolute atomic E-state index is 0.00732. The maximum atomic E-state index is 15.1. The predicted molar refractivity (Wildman–Crippen MR) is 232 cm³/mol. The number of carbonyl (C=O) groups is 3. The number of esters is 2. The fourth-order valence-electron chi connectivity index (χ4n) is 10.9. The number of fused-ring (bicyclic) bond motifs is 9. The minimum atomic E-state index is -1.47. The number of aryl methyl sites for hydroxylation is 1. The number of nitrogens with one attached hydrogen (secondary N) is 1. The molecule has 0 radical (unpaired) electrons. The molecule has 7 aliphatic rings.